The van der Waals surface area contributed by atoms with Gasteiger partial charge in [-0.05, 0) is 19.4 Å². The molecule has 2 unspecified atom stereocenters. The van der Waals surface area contributed by atoms with Gasteiger partial charge in [-0.3, -0.25) is 4.79 Å². The van der Waals surface area contributed by atoms with Gasteiger partial charge in [-0.15, -0.1) is 0 Å². The van der Waals surface area contributed by atoms with Gasteiger partial charge in [0.15, 0.2) is 0 Å². The Morgan fingerprint density at radius 3 is 2.67 bits per heavy atom. The Balaban J connectivity index is 2.29. The van der Waals surface area contributed by atoms with Crippen LogP contribution in [0.5, 0.6) is 0 Å². The second-order valence-electron chi connectivity index (χ2n) is 4.19. The summed E-state index contributed by atoms with van der Waals surface area (Å²) in [6.07, 6.45) is -0.520. The maximum atomic E-state index is 11.5. The molecule has 0 aromatic heterocycles. The van der Waals surface area contributed by atoms with Crippen molar-refractivity contribution in [1.82, 2.24) is 5.32 Å². The van der Waals surface area contributed by atoms with E-state index in [4.69, 9.17) is 4.74 Å². The normalized spacial score (nSPS) is 13.9. The van der Waals surface area contributed by atoms with Crippen LogP contribution in [0.25, 0.3) is 0 Å². The Labute approximate surface area is 108 Å². The maximum Gasteiger partial charge on any atom is 0.248 e. The van der Waals surface area contributed by atoms with Crippen molar-refractivity contribution in [2.24, 2.45) is 0 Å². The number of hydrogen-bond acceptors (Lipinski definition) is 3. The Hall–Kier alpha value is -1.39. The molecule has 0 heterocycles. The summed E-state index contributed by atoms with van der Waals surface area (Å²) in [6, 6.07) is 9.69. The predicted molar refractivity (Wildman–Crippen MR) is 70.3 cm³/mol. The Morgan fingerprint density at radius 1 is 1.39 bits per heavy atom. The standard InChI is InChI=1S/C14H21NO3/c1-3-18-11(2)14(17)15-10-13(16)9-12-7-5-4-6-8-12/h4-8,11,13,16H,3,9-10H2,1-2H3,(H,15,17). The molecule has 0 radical (unpaired) electrons. The summed E-state index contributed by atoms with van der Waals surface area (Å²) in [5.41, 5.74) is 1.05. The van der Waals surface area contributed by atoms with E-state index in [0.717, 1.165) is 5.56 Å². The largest absolute Gasteiger partial charge is 0.391 e. The van der Waals surface area contributed by atoms with Gasteiger partial charge in [-0.25, -0.2) is 0 Å². The van der Waals surface area contributed by atoms with Crippen molar-refractivity contribution in [2.75, 3.05) is 13.2 Å². The average molecular weight is 251 g/mol. The number of nitrogens with one attached hydrogen (secondary N) is 1. The quantitative estimate of drug-likeness (QED) is 0.764. The molecule has 0 spiro atoms. The molecule has 1 aromatic carbocycles. The van der Waals surface area contributed by atoms with E-state index < -0.39 is 12.2 Å². The second-order valence-corrected chi connectivity index (χ2v) is 4.19. The molecular weight excluding hydrogens is 230 g/mol. The molecule has 18 heavy (non-hydrogen) atoms. The lowest BCUT2D eigenvalue weighted by atomic mass is 10.1. The van der Waals surface area contributed by atoms with Crippen LogP contribution in [0.2, 0.25) is 0 Å². The SMILES string of the molecule is CCOC(C)C(=O)NCC(O)Cc1ccccc1. The zero-order valence-corrected chi connectivity index (χ0v) is 10.9. The van der Waals surface area contributed by atoms with Crippen LogP contribution in [-0.4, -0.2) is 36.4 Å². The molecule has 0 aliphatic heterocycles. The van der Waals surface area contributed by atoms with Gasteiger partial charge in [-0.2, -0.15) is 0 Å². The second kappa shape index (κ2) is 7.84. The van der Waals surface area contributed by atoms with Crippen molar-refractivity contribution in [3.8, 4) is 0 Å². The number of aliphatic hydroxyl groups excluding tert-OH is 1. The van der Waals surface area contributed by atoms with Crippen molar-refractivity contribution in [1.29, 1.82) is 0 Å². The fraction of sp³-hybridized carbons (Fsp3) is 0.500. The highest BCUT2D eigenvalue weighted by Gasteiger charge is 2.13. The third-order valence-corrected chi connectivity index (χ3v) is 2.61. The van der Waals surface area contributed by atoms with Gasteiger partial charge in [0.25, 0.3) is 0 Å². The highest BCUT2D eigenvalue weighted by atomic mass is 16.5. The third-order valence-electron chi connectivity index (χ3n) is 2.61. The molecule has 2 atom stereocenters. The first-order chi connectivity index (χ1) is 8.63. The molecule has 0 aliphatic carbocycles. The van der Waals surface area contributed by atoms with Crippen LogP contribution in [-0.2, 0) is 16.0 Å². The minimum absolute atomic E-state index is 0.191. The van der Waals surface area contributed by atoms with Gasteiger partial charge in [0.2, 0.25) is 5.91 Å². The molecule has 0 saturated heterocycles. The van der Waals surface area contributed by atoms with Crippen molar-refractivity contribution in [3.05, 3.63) is 35.9 Å². The van der Waals surface area contributed by atoms with Gasteiger partial charge in [0.1, 0.15) is 6.10 Å². The maximum absolute atomic E-state index is 11.5. The van der Waals surface area contributed by atoms with E-state index in [2.05, 4.69) is 5.32 Å². The van der Waals surface area contributed by atoms with E-state index in [1.807, 2.05) is 37.3 Å². The van der Waals surface area contributed by atoms with Crippen molar-refractivity contribution >= 4 is 5.91 Å². The fourth-order valence-corrected chi connectivity index (χ4v) is 1.65. The number of benzene rings is 1. The van der Waals surface area contributed by atoms with E-state index in [1.54, 1.807) is 6.92 Å². The molecule has 1 amide bonds. The molecule has 0 aliphatic rings. The summed E-state index contributed by atoms with van der Waals surface area (Å²) in [6.45, 7) is 4.28. The van der Waals surface area contributed by atoms with E-state index in [9.17, 15) is 9.90 Å². The topological polar surface area (TPSA) is 58.6 Å². The molecule has 0 saturated carbocycles. The van der Waals surface area contributed by atoms with Gasteiger partial charge < -0.3 is 15.2 Å². The van der Waals surface area contributed by atoms with Gasteiger partial charge in [0, 0.05) is 19.6 Å². The lowest BCUT2D eigenvalue weighted by Crippen LogP contribution is -2.39. The molecule has 2 N–H and O–H groups in total. The van der Waals surface area contributed by atoms with Crippen molar-refractivity contribution in [3.63, 3.8) is 0 Å². The molecular formula is C14H21NO3. The number of rotatable bonds is 7. The van der Waals surface area contributed by atoms with Crippen molar-refractivity contribution < 1.29 is 14.6 Å². The summed E-state index contributed by atoms with van der Waals surface area (Å²) < 4.78 is 5.16. The van der Waals surface area contributed by atoms with Gasteiger partial charge in [0.05, 0.1) is 6.10 Å². The average Bonchev–Trinajstić information content (AvgIpc) is 2.37. The summed E-state index contributed by atoms with van der Waals surface area (Å²) in [4.78, 5) is 11.5. The smallest absolute Gasteiger partial charge is 0.248 e. The first-order valence-electron chi connectivity index (χ1n) is 6.24. The van der Waals surface area contributed by atoms with E-state index in [0.29, 0.717) is 13.0 Å². The van der Waals surface area contributed by atoms with Crippen LogP contribution < -0.4 is 5.32 Å². The van der Waals surface area contributed by atoms with E-state index >= 15 is 0 Å². The molecule has 100 valence electrons. The van der Waals surface area contributed by atoms with Crippen LogP contribution >= 0.6 is 0 Å². The Kier molecular flexibility index (Phi) is 6.39. The number of ether oxygens (including phenoxy) is 1. The Bertz CT molecular complexity index is 353. The molecule has 4 heteroatoms. The van der Waals surface area contributed by atoms with Crippen LogP contribution in [0, 0.1) is 0 Å². The zero-order chi connectivity index (χ0) is 13.4. The molecule has 0 fully saturated rings. The third kappa shape index (κ3) is 5.29. The number of hydrogen-bond donors (Lipinski definition) is 2. The first-order valence-corrected chi connectivity index (χ1v) is 6.24. The van der Waals surface area contributed by atoms with Crippen molar-refractivity contribution in [2.45, 2.75) is 32.5 Å². The Morgan fingerprint density at radius 2 is 2.06 bits per heavy atom. The summed E-state index contributed by atoms with van der Waals surface area (Å²) in [5, 5.41) is 12.5. The number of amides is 1. The van der Waals surface area contributed by atoms with Gasteiger partial charge >= 0.3 is 0 Å². The highest BCUT2D eigenvalue weighted by molar-refractivity contribution is 5.80. The van der Waals surface area contributed by atoms with Crippen LogP contribution in [0.3, 0.4) is 0 Å². The van der Waals surface area contributed by atoms with E-state index in [-0.39, 0.29) is 12.5 Å². The van der Waals surface area contributed by atoms with E-state index in [1.165, 1.54) is 0 Å². The summed E-state index contributed by atoms with van der Waals surface area (Å²) in [7, 11) is 0. The minimum atomic E-state index is -0.579. The number of carbonyl (C=O) groups excluding carboxylic acids is 1. The fourth-order valence-electron chi connectivity index (χ4n) is 1.65. The number of aliphatic hydroxyl groups is 1. The molecule has 0 bridgehead atoms. The summed E-state index contributed by atoms with van der Waals surface area (Å²) in [5.74, 6) is -0.191. The van der Waals surface area contributed by atoms with Gasteiger partial charge in [-0.1, -0.05) is 30.3 Å². The monoisotopic (exact) mass is 251 g/mol. The van der Waals surface area contributed by atoms with Crippen LogP contribution in [0.15, 0.2) is 30.3 Å². The molecule has 1 aromatic rings. The van der Waals surface area contributed by atoms with Crippen LogP contribution in [0.1, 0.15) is 19.4 Å². The first kappa shape index (κ1) is 14.7. The lowest BCUT2D eigenvalue weighted by Gasteiger charge is -2.15. The lowest BCUT2D eigenvalue weighted by molar-refractivity contribution is -0.131. The number of carbonyl (C=O) groups is 1. The zero-order valence-electron chi connectivity index (χ0n) is 10.9. The molecule has 1 rings (SSSR count). The van der Waals surface area contributed by atoms with Crippen LogP contribution in [0.4, 0.5) is 0 Å². The highest BCUT2D eigenvalue weighted by Crippen LogP contribution is 2.02. The predicted octanol–water partition coefficient (Wildman–Crippen LogP) is 1.13. The minimum Gasteiger partial charge on any atom is -0.391 e. The summed E-state index contributed by atoms with van der Waals surface area (Å²) >= 11 is 0. The molecule has 4 nitrogen and oxygen atoms in total.